The summed E-state index contributed by atoms with van der Waals surface area (Å²) in [4.78, 5) is 28.9. The van der Waals surface area contributed by atoms with Crippen LogP contribution in [0.4, 0.5) is 0 Å². The number of nitrogens with zero attached hydrogens (tertiary/aromatic N) is 1. The molecule has 6 heteroatoms. The van der Waals surface area contributed by atoms with E-state index >= 15 is 0 Å². The number of nitrogens with one attached hydrogen (secondary N) is 1. The Kier molecular flexibility index (Phi) is 4.90. The van der Waals surface area contributed by atoms with Crippen LogP contribution in [0.1, 0.15) is 15.9 Å². The molecular weight excluding hydrogens is 384 g/mol. The van der Waals surface area contributed by atoms with E-state index in [0.29, 0.717) is 23.3 Å². The Labute approximate surface area is 153 Å². The van der Waals surface area contributed by atoms with E-state index in [4.69, 9.17) is 4.74 Å². The summed E-state index contributed by atoms with van der Waals surface area (Å²) in [6, 6.07) is 13.4. The van der Waals surface area contributed by atoms with E-state index in [1.54, 1.807) is 26.4 Å². The molecule has 1 N–H and O–H groups in total. The summed E-state index contributed by atoms with van der Waals surface area (Å²) in [5, 5.41) is 0.602. The smallest absolute Gasteiger partial charge is 0.294 e. The van der Waals surface area contributed by atoms with Gasteiger partial charge in [0.25, 0.3) is 11.7 Å². The first-order valence-electron chi connectivity index (χ1n) is 7.71. The third-order valence-electron chi connectivity index (χ3n) is 3.83. The van der Waals surface area contributed by atoms with Crippen LogP contribution in [0.2, 0.25) is 0 Å². The molecule has 3 aromatic rings. The first kappa shape index (κ1) is 17.2. The van der Waals surface area contributed by atoms with Gasteiger partial charge in [-0.25, -0.2) is 0 Å². The molecule has 2 aromatic carbocycles. The monoisotopic (exact) mass is 400 g/mol. The van der Waals surface area contributed by atoms with E-state index < -0.39 is 11.7 Å². The zero-order chi connectivity index (χ0) is 18.0. The van der Waals surface area contributed by atoms with Crippen LogP contribution in [0.25, 0.3) is 10.9 Å². The van der Waals surface area contributed by atoms with Crippen LogP contribution in [-0.2, 0) is 11.4 Å². The van der Waals surface area contributed by atoms with Gasteiger partial charge in [-0.2, -0.15) is 0 Å². The quantitative estimate of drug-likeness (QED) is 0.523. The normalized spacial score (nSPS) is 10.7. The molecule has 0 spiro atoms. The molecular formula is C19H17BrN2O3. The number of likely N-dealkylation sites (N-methyl/N-ethyl adjacent to an activating group) is 1. The van der Waals surface area contributed by atoms with Gasteiger partial charge in [-0.1, -0.05) is 30.3 Å². The van der Waals surface area contributed by atoms with Crippen LogP contribution in [-0.4, -0.2) is 35.7 Å². The molecule has 0 bridgehead atoms. The van der Waals surface area contributed by atoms with Crippen molar-refractivity contribution in [3.05, 3.63) is 64.3 Å². The summed E-state index contributed by atoms with van der Waals surface area (Å²) < 4.78 is 6.73. The van der Waals surface area contributed by atoms with Gasteiger partial charge < -0.3 is 14.6 Å². The number of halogens is 1. The van der Waals surface area contributed by atoms with Gasteiger partial charge >= 0.3 is 0 Å². The fourth-order valence-electron chi connectivity index (χ4n) is 2.54. The molecule has 1 aromatic heterocycles. The van der Waals surface area contributed by atoms with E-state index in [0.717, 1.165) is 15.6 Å². The SMILES string of the molecule is CN(C)C(=O)C(=O)c1c[nH]c2c(Br)ccc(OCc3ccccc3)c12. The summed E-state index contributed by atoms with van der Waals surface area (Å²) in [7, 11) is 3.11. The molecule has 25 heavy (non-hydrogen) atoms. The Bertz CT molecular complexity index is 932. The van der Waals surface area contributed by atoms with Gasteiger partial charge in [0.05, 0.1) is 16.5 Å². The maximum absolute atomic E-state index is 12.5. The molecule has 5 nitrogen and oxygen atoms in total. The van der Waals surface area contributed by atoms with Crippen LogP contribution in [0.5, 0.6) is 5.75 Å². The molecule has 0 atom stereocenters. The number of carbonyl (C=O) groups is 2. The Morgan fingerprint density at radius 2 is 1.84 bits per heavy atom. The zero-order valence-corrected chi connectivity index (χ0v) is 15.5. The van der Waals surface area contributed by atoms with Crippen LogP contribution in [0, 0.1) is 0 Å². The van der Waals surface area contributed by atoms with Crippen molar-refractivity contribution in [2.75, 3.05) is 14.1 Å². The number of ether oxygens (including phenoxy) is 1. The largest absolute Gasteiger partial charge is 0.488 e. The van der Waals surface area contributed by atoms with Crippen molar-refractivity contribution in [3.63, 3.8) is 0 Å². The Balaban J connectivity index is 2.01. The molecule has 1 amide bonds. The lowest BCUT2D eigenvalue weighted by Gasteiger charge is -2.11. The number of benzene rings is 2. The van der Waals surface area contributed by atoms with Crippen LogP contribution in [0.15, 0.2) is 53.1 Å². The lowest BCUT2D eigenvalue weighted by Crippen LogP contribution is -2.29. The predicted molar refractivity (Wildman–Crippen MR) is 99.8 cm³/mol. The highest BCUT2D eigenvalue weighted by Gasteiger charge is 2.24. The Hall–Kier alpha value is -2.60. The van der Waals surface area contributed by atoms with Crippen molar-refractivity contribution in [1.82, 2.24) is 9.88 Å². The third-order valence-corrected chi connectivity index (χ3v) is 4.49. The van der Waals surface area contributed by atoms with Gasteiger partial charge in [-0.3, -0.25) is 9.59 Å². The fraction of sp³-hybridized carbons (Fsp3) is 0.158. The van der Waals surface area contributed by atoms with Crippen molar-refractivity contribution >= 4 is 38.5 Å². The van der Waals surface area contributed by atoms with E-state index in [1.165, 1.54) is 4.90 Å². The molecule has 128 valence electrons. The minimum absolute atomic E-state index is 0.304. The second kappa shape index (κ2) is 7.11. The number of fused-ring (bicyclic) bond motifs is 1. The van der Waals surface area contributed by atoms with Crippen LogP contribution < -0.4 is 4.74 Å². The number of Topliss-reactive ketones (excluding diaryl/α,β-unsaturated/α-hetero) is 1. The van der Waals surface area contributed by atoms with Gasteiger partial charge in [0.2, 0.25) is 0 Å². The van der Waals surface area contributed by atoms with Crippen LogP contribution >= 0.6 is 15.9 Å². The molecule has 0 aliphatic carbocycles. The average Bonchev–Trinajstić information content (AvgIpc) is 3.07. The van der Waals surface area contributed by atoms with Gasteiger partial charge in [0.15, 0.2) is 0 Å². The predicted octanol–water partition coefficient (Wildman–Crippen LogP) is 3.78. The number of ketones is 1. The van der Waals surface area contributed by atoms with Gasteiger partial charge in [0.1, 0.15) is 12.4 Å². The summed E-state index contributed by atoms with van der Waals surface area (Å²) in [5.41, 5.74) is 2.05. The maximum Gasteiger partial charge on any atom is 0.294 e. The standard InChI is InChI=1S/C19H17BrN2O3/c1-22(2)19(24)18(23)13-10-21-17-14(20)8-9-15(16(13)17)25-11-12-6-4-3-5-7-12/h3-10,21H,11H2,1-2H3. The van der Waals surface area contributed by atoms with E-state index in [2.05, 4.69) is 20.9 Å². The lowest BCUT2D eigenvalue weighted by molar-refractivity contribution is -0.124. The first-order valence-corrected chi connectivity index (χ1v) is 8.50. The number of hydrogen-bond donors (Lipinski definition) is 1. The van der Waals surface area contributed by atoms with Crippen molar-refractivity contribution in [2.24, 2.45) is 0 Å². The number of H-pyrrole nitrogens is 1. The van der Waals surface area contributed by atoms with Crippen LogP contribution in [0.3, 0.4) is 0 Å². The zero-order valence-electron chi connectivity index (χ0n) is 13.9. The maximum atomic E-state index is 12.5. The summed E-state index contributed by atoms with van der Waals surface area (Å²) >= 11 is 3.46. The number of amides is 1. The topological polar surface area (TPSA) is 62.4 Å². The Morgan fingerprint density at radius 1 is 1.12 bits per heavy atom. The van der Waals surface area contributed by atoms with Crippen molar-refractivity contribution in [1.29, 1.82) is 0 Å². The third kappa shape index (κ3) is 3.44. The van der Waals surface area contributed by atoms with E-state index in [-0.39, 0.29) is 0 Å². The lowest BCUT2D eigenvalue weighted by atomic mass is 10.1. The highest BCUT2D eigenvalue weighted by atomic mass is 79.9. The molecule has 0 radical (unpaired) electrons. The minimum atomic E-state index is -0.574. The fourth-order valence-corrected chi connectivity index (χ4v) is 2.98. The van der Waals surface area contributed by atoms with Crippen molar-refractivity contribution < 1.29 is 14.3 Å². The molecule has 0 aliphatic heterocycles. The van der Waals surface area contributed by atoms with Gasteiger partial charge in [-0.05, 0) is 33.6 Å². The molecule has 3 rings (SSSR count). The van der Waals surface area contributed by atoms with Gasteiger partial charge in [0, 0.05) is 24.8 Å². The summed E-state index contributed by atoms with van der Waals surface area (Å²) in [5.74, 6) is -0.591. The minimum Gasteiger partial charge on any atom is -0.488 e. The van der Waals surface area contributed by atoms with Gasteiger partial charge in [-0.15, -0.1) is 0 Å². The molecule has 0 aliphatic rings. The first-order chi connectivity index (χ1) is 12.0. The second-order valence-electron chi connectivity index (χ2n) is 5.80. The molecule has 0 saturated heterocycles. The molecule has 0 saturated carbocycles. The molecule has 1 heterocycles. The molecule has 0 fully saturated rings. The van der Waals surface area contributed by atoms with E-state index in [1.807, 2.05) is 36.4 Å². The highest BCUT2D eigenvalue weighted by Crippen LogP contribution is 2.34. The summed E-state index contributed by atoms with van der Waals surface area (Å²) in [6.45, 7) is 0.373. The number of rotatable bonds is 5. The number of carbonyl (C=O) groups excluding carboxylic acids is 2. The number of aromatic amines is 1. The van der Waals surface area contributed by atoms with E-state index in [9.17, 15) is 9.59 Å². The highest BCUT2D eigenvalue weighted by molar-refractivity contribution is 9.10. The second-order valence-corrected chi connectivity index (χ2v) is 6.66. The number of aromatic nitrogens is 1. The molecule has 0 unspecified atom stereocenters. The summed E-state index contributed by atoms with van der Waals surface area (Å²) in [6.07, 6.45) is 1.55. The van der Waals surface area contributed by atoms with Crippen molar-refractivity contribution in [2.45, 2.75) is 6.61 Å². The van der Waals surface area contributed by atoms with Crippen molar-refractivity contribution in [3.8, 4) is 5.75 Å². The number of hydrogen-bond acceptors (Lipinski definition) is 3. The average molecular weight is 401 g/mol. The Morgan fingerprint density at radius 3 is 2.52 bits per heavy atom.